The summed E-state index contributed by atoms with van der Waals surface area (Å²) < 4.78 is 10.9. The normalized spacial score (nSPS) is 16.8. The van der Waals surface area contributed by atoms with E-state index in [2.05, 4.69) is 20.9 Å². The zero-order valence-electron chi connectivity index (χ0n) is 41.7. The minimum Gasteiger partial charge on any atom is -0.444 e. The van der Waals surface area contributed by atoms with Crippen LogP contribution in [0.4, 0.5) is 9.59 Å². The van der Waals surface area contributed by atoms with Gasteiger partial charge in [0.1, 0.15) is 17.0 Å². The number of alkyl carbamates (subject to hydrolysis) is 2. The topological polar surface area (TPSA) is 181 Å². The second kappa shape index (κ2) is 25.3. The molecule has 4 rings (SSSR count). The van der Waals surface area contributed by atoms with Crippen molar-refractivity contribution in [1.82, 2.24) is 25.8 Å². The molecule has 0 bridgehead atoms. The highest BCUT2D eigenvalue weighted by Crippen LogP contribution is 2.41. The van der Waals surface area contributed by atoms with Gasteiger partial charge in [-0.2, -0.15) is 0 Å². The molecule has 0 unspecified atom stereocenters. The van der Waals surface area contributed by atoms with Crippen LogP contribution in [0.15, 0.2) is 60.7 Å². The average molecular weight is 930 g/mol. The lowest BCUT2D eigenvalue weighted by atomic mass is 9.71. The van der Waals surface area contributed by atoms with E-state index in [9.17, 15) is 33.6 Å². The first-order chi connectivity index (χ1) is 31.5. The number of ether oxygens (including phenoxy) is 2. The zero-order chi connectivity index (χ0) is 49.4. The molecule has 4 amide bonds. The lowest BCUT2D eigenvalue weighted by molar-refractivity contribution is -0.143. The van der Waals surface area contributed by atoms with Crippen LogP contribution in [-0.4, -0.2) is 114 Å². The number of hydrogen-bond acceptors (Lipinski definition) is 10. The molecule has 0 aromatic heterocycles. The van der Waals surface area contributed by atoms with Crippen molar-refractivity contribution in [3.05, 3.63) is 71.8 Å². The molecule has 2 heterocycles. The largest absolute Gasteiger partial charge is 0.444 e. The molecule has 1 spiro atoms. The Morgan fingerprint density at radius 2 is 1.22 bits per heavy atom. The summed E-state index contributed by atoms with van der Waals surface area (Å²) in [6, 6.07) is 16.8. The minimum atomic E-state index is -0.985. The van der Waals surface area contributed by atoms with Crippen molar-refractivity contribution < 1.29 is 43.0 Å². The average Bonchev–Trinajstić information content (AvgIpc) is 3.23. The number of rotatable bonds is 24. The number of nitrogens with zero attached hydrogens (tertiary/aromatic N) is 2. The van der Waals surface area contributed by atoms with Crippen LogP contribution in [0.3, 0.4) is 0 Å². The maximum atomic E-state index is 14.6. The Kier molecular flexibility index (Phi) is 20.6. The van der Waals surface area contributed by atoms with Crippen LogP contribution >= 0.6 is 0 Å². The molecule has 14 nitrogen and oxygen atoms in total. The van der Waals surface area contributed by atoms with Gasteiger partial charge in [0.15, 0.2) is 11.6 Å². The third-order valence-electron chi connectivity index (χ3n) is 12.4. The first-order valence-electron chi connectivity index (χ1n) is 24.5. The fraction of sp³-hybridized carbons (Fsp3) is 0.642. The highest BCUT2D eigenvalue weighted by atomic mass is 16.6. The van der Waals surface area contributed by atoms with Crippen LogP contribution in [0.25, 0.3) is 0 Å². The van der Waals surface area contributed by atoms with Crippen LogP contribution in [0, 0.1) is 23.2 Å². The van der Waals surface area contributed by atoms with E-state index in [-0.39, 0.29) is 60.3 Å². The summed E-state index contributed by atoms with van der Waals surface area (Å²) in [7, 11) is 0. The summed E-state index contributed by atoms with van der Waals surface area (Å²) >= 11 is 0. The Morgan fingerprint density at radius 3 is 1.78 bits per heavy atom. The van der Waals surface area contributed by atoms with Gasteiger partial charge in [-0.05, 0) is 109 Å². The third kappa shape index (κ3) is 19.2. The Morgan fingerprint density at radius 1 is 0.687 bits per heavy atom. The number of nitrogens with one attached hydrogen (secondary N) is 3. The van der Waals surface area contributed by atoms with E-state index in [1.807, 2.05) is 86.3 Å². The predicted molar refractivity (Wildman–Crippen MR) is 259 cm³/mol. The zero-order valence-corrected chi connectivity index (χ0v) is 41.7. The van der Waals surface area contributed by atoms with Gasteiger partial charge in [-0.3, -0.25) is 28.9 Å². The molecule has 0 saturated carbocycles. The van der Waals surface area contributed by atoms with Crippen LogP contribution in [-0.2, 0) is 46.3 Å². The molecule has 0 aliphatic carbocycles. The van der Waals surface area contributed by atoms with E-state index in [1.165, 1.54) is 0 Å². The standard InChI is InChI=1S/C53H79N5O9/c1-10-42(59)34-57-35-53(36-57)24-27-58(28-25-53)48(63)40(23-17-18-26-54-49(64)66-51(4,5)6)32-45(60)43(29-37(2)3)55-47(62)41(30-38-19-13-11-14-20-38)33-46(61)44(31-39-21-15-12-16-22-39)56-50(65)67-52(7,8)9/h11-16,19-22,37,40-41,43-44H,10,17-18,23-36H2,1-9H3,(H,54,64)(H,55,62)(H,56,65)/t40-,41-,43+,44+/m0/s1. The van der Waals surface area contributed by atoms with Crippen molar-refractivity contribution in [2.45, 2.75) is 156 Å². The lowest BCUT2D eigenvalue weighted by Crippen LogP contribution is -2.61. The molecule has 2 aliphatic heterocycles. The molecule has 0 radical (unpaired) electrons. The number of likely N-dealkylation sites (tertiary alicyclic amines) is 2. The van der Waals surface area contributed by atoms with E-state index in [1.54, 1.807) is 41.5 Å². The Labute approximate surface area is 399 Å². The van der Waals surface area contributed by atoms with Gasteiger partial charge in [-0.15, -0.1) is 0 Å². The van der Waals surface area contributed by atoms with Crippen molar-refractivity contribution in [3.63, 3.8) is 0 Å². The molecule has 4 atom stereocenters. The first kappa shape index (κ1) is 54.5. The molecular weight excluding hydrogens is 851 g/mol. The van der Waals surface area contributed by atoms with E-state index >= 15 is 0 Å². The molecule has 3 N–H and O–H groups in total. The Hall–Kier alpha value is -5.11. The maximum absolute atomic E-state index is 14.6. The number of unbranched alkanes of at least 4 members (excludes halogenated alkanes) is 1. The van der Waals surface area contributed by atoms with Crippen molar-refractivity contribution >= 4 is 41.4 Å². The number of amides is 4. The summed E-state index contributed by atoms with van der Waals surface area (Å²) in [5.74, 6) is -2.44. The number of hydrogen-bond donors (Lipinski definition) is 3. The highest BCUT2D eigenvalue weighted by Gasteiger charge is 2.46. The molecule has 370 valence electrons. The fourth-order valence-corrected chi connectivity index (χ4v) is 8.99. The SMILES string of the molecule is CCC(=O)CN1CC2(CCN(C(=O)[C@@H](CCCCNC(=O)OC(C)(C)C)CC(=O)[C@@H](CC(C)C)NC(=O)[C@H](CC(=O)[C@@H](Cc3ccccc3)NC(=O)OC(C)(C)C)Cc3ccccc3)CC2)C1. The minimum absolute atomic E-state index is 0.0118. The van der Waals surface area contributed by atoms with Crippen LogP contribution in [0.5, 0.6) is 0 Å². The summed E-state index contributed by atoms with van der Waals surface area (Å²) in [4.78, 5) is 99.3. The molecule has 14 heteroatoms. The fourth-order valence-electron chi connectivity index (χ4n) is 8.99. The summed E-state index contributed by atoms with van der Waals surface area (Å²) in [5.41, 5.74) is 0.309. The number of ketones is 3. The van der Waals surface area contributed by atoms with Crippen LogP contribution < -0.4 is 16.0 Å². The van der Waals surface area contributed by atoms with Gasteiger partial charge in [0.2, 0.25) is 11.8 Å². The number of benzene rings is 2. The van der Waals surface area contributed by atoms with Gasteiger partial charge in [0.05, 0.1) is 18.6 Å². The number of carbonyl (C=O) groups excluding carboxylic acids is 7. The summed E-state index contributed by atoms with van der Waals surface area (Å²) in [6.07, 6.45) is 2.91. The lowest BCUT2D eigenvalue weighted by Gasteiger charge is -2.54. The van der Waals surface area contributed by atoms with Gasteiger partial charge >= 0.3 is 12.2 Å². The Bertz CT molecular complexity index is 1940. The van der Waals surface area contributed by atoms with E-state index in [4.69, 9.17) is 9.47 Å². The quantitative estimate of drug-likeness (QED) is 0.0886. The van der Waals surface area contributed by atoms with E-state index < -0.39 is 53.2 Å². The number of Topliss-reactive ketones (excluding diaryl/α,β-unsaturated/α-hetero) is 3. The van der Waals surface area contributed by atoms with Gasteiger partial charge in [0.25, 0.3) is 0 Å². The monoisotopic (exact) mass is 930 g/mol. The van der Waals surface area contributed by atoms with Gasteiger partial charge in [-0.25, -0.2) is 9.59 Å². The van der Waals surface area contributed by atoms with Gasteiger partial charge in [0, 0.05) is 63.8 Å². The first-order valence-corrected chi connectivity index (χ1v) is 24.5. The molecule has 67 heavy (non-hydrogen) atoms. The van der Waals surface area contributed by atoms with Crippen molar-refractivity contribution in [2.75, 3.05) is 39.3 Å². The summed E-state index contributed by atoms with van der Waals surface area (Å²) in [6.45, 7) is 20.1. The van der Waals surface area contributed by atoms with E-state index in [0.29, 0.717) is 58.3 Å². The van der Waals surface area contributed by atoms with Crippen molar-refractivity contribution in [1.29, 1.82) is 0 Å². The number of carbonyl (C=O) groups is 7. The van der Waals surface area contributed by atoms with Crippen molar-refractivity contribution in [2.24, 2.45) is 23.2 Å². The predicted octanol–water partition coefficient (Wildman–Crippen LogP) is 7.65. The van der Waals surface area contributed by atoms with Crippen molar-refractivity contribution in [3.8, 4) is 0 Å². The number of piperidine rings is 1. The van der Waals surface area contributed by atoms with Crippen LogP contribution in [0.2, 0.25) is 0 Å². The maximum Gasteiger partial charge on any atom is 0.408 e. The molecule has 2 aromatic rings. The smallest absolute Gasteiger partial charge is 0.408 e. The summed E-state index contributed by atoms with van der Waals surface area (Å²) in [5, 5.41) is 8.59. The molecular formula is C53H79N5O9. The molecule has 2 fully saturated rings. The van der Waals surface area contributed by atoms with Crippen LogP contribution in [0.1, 0.15) is 131 Å². The molecule has 2 aliphatic rings. The highest BCUT2D eigenvalue weighted by molar-refractivity contribution is 5.95. The van der Waals surface area contributed by atoms with Gasteiger partial charge < -0.3 is 30.3 Å². The molecule has 2 aromatic carbocycles. The Balaban J connectivity index is 1.52. The second-order valence-electron chi connectivity index (χ2n) is 21.3. The van der Waals surface area contributed by atoms with E-state index in [0.717, 1.165) is 37.1 Å². The van der Waals surface area contributed by atoms with Gasteiger partial charge in [-0.1, -0.05) is 87.9 Å². The second-order valence-corrected chi connectivity index (χ2v) is 21.3. The third-order valence-corrected chi connectivity index (χ3v) is 12.4. The molecule has 2 saturated heterocycles.